The largest absolute Gasteiger partial charge is 0.475 e. The smallest absolute Gasteiger partial charge is 0.417 e. The minimum absolute atomic E-state index is 0.0880. The topological polar surface area (TPSA) is 61.8 Å². The summed E-state index contributed by atoms with van der Waals surface area (Å²) >= 11 is 5.80. The van der Waals surface area contributed by atoms with Crippen LogP contribution in [0.5, 0.6) is 0 Å². The summed E-state index contributed by atoms with van der Waals surface area (Å²) in [6, 6.07) is 2.97. The zero-order chi connectivity index (χ0) is 18.2. The quantitative estimate of drug-likeness (QED) is 0.854. The van der Waals surface area contributed by atoms with Gasteiger partial charge in [0.2, 0.25) is 11.8 Å². The molecular weight excluding hydrogens is 361 g/mol. The number of nitrogens with zero attached hydrogens (tertiary/aromatic N) is 1. The van der Waals surface area contributed by atoms with Gasteiger partial charge in [-0.1, -0.05) is 35.9 Å². The Labute approximate surface area is 146 Å². The number of carbonyl (C=O) groups is 1. The molecule has 0 saturated carbocycles. The van der Waals surface area contributed by atoms with Crippen LogP contribution in [-0.4, -0.2) is 35.4 Å². The van der Waals surface area contributed by atoms with E-state index < -0.39 is 28.7 Å². The van der Waals surface area contributed by atoms with Gasteiger partial charge in [0.1, 0.15) is 6.61 Å². The van der Waals surface area contributed by atoms with Gasteiger partial charge in [0.05, 0.1) is 29.6 Å². The molecule has 0 aliphatic carbocycles. The number of benzene rings is 1. The van der Waals surface area contributed by atoms with Gasteiger partial charge in [0.25, 0.3) is 0 Å². The fraction of sp³-hybridized carbons (Fsp3) is 0.312. The summed E-state index contributed by atoms with van der Waals surface area (Å²) in [6.45, 7) is 0.410. The molecule has 1 atom stereocenters. The molecule has 2 N–H and O–H groups in total. The molecule has 0 spiro atoms. The number of hydrogen-bond donors (Lipinski definition) is 2. The highest BCUT2D eigenvalue weighted by molar-refractivity contribution is 6.32. The first kappa shape index (κ1) is 17.6. The molecule has 1 unspecified atom stereocenters. The van der Waals surface area contributed by atoms with E-state index >= 15 is 0 Å². The Morgan fingerprint density at radius 2 is 2.20 bits per heavy atom. The molecule has 5 nitrogen and oxygen atoms in total. The van der Waals surface area contributed by atoms with Crippen molar-refractivity contribution in [1.29, 1.82) is 0 Å². The van der Waals surface area contributed by atoms with Gasteiger partial charge in [0.15, 0.2) is 0 Å². The molecule has 9 heteroatoms. The maximum atomic E-state index is 12.9. The molecular formula is C16H14ClF3N2O3. The minimum Gasteiger partial charge on any atom is -0.475 e. The summed E-state index contributed by atoms with van der Waals surface area (Å²) in [4.78, 5) is 12.2. The summed E-state index contributed by atoms with van der Waals surface area (Å²) in [6.07, 6.45) is -1.44. The van der Waals surface area contributed by atoms with Crippen LogP contribution in [0.2, 0.25) is 5.02 Å². The lowest BCUT2D eigenvalue weighted by Gasteiger charge is -2.19. The second-order valence-corrected chi connectivity index (χ2v) is 6.01. The van der Waals surface area contributed by atoms with E-state index in [-0.39, 0.29) is 31.0 Å². The van der Waals surface area contributed by atoms with Crippen LogP contribution in [0.4, 0.5) is 13.2 Å². The van der Waals surface area contributed by atoms with Gasteiger partial charge in [-0.3, -0.25) is 10.0 Å². The maximum Gasteiger partial charge on any atom is 0.417 e. The number of carbonyl (C=O) groups excluding carboxylic acids is 1. The van der Waals surface area contributed by atoms with Crippen molar-refractivity contribution in [3.8, 4) is 0 Å². The second kappa shape index (κ2) is 6.61. The average molecular weight is 375 g/mol. The normalized spacial score (nSPS) is 19.7. The van der Waals surface area contributed by atoms with E-state index in [0.717, 1.165) is 11.1 Å². The molecule has 1 aromatic rings. The number of alkyl halides is 3. The molecule has 25 heavy (non-hydrogen) atoms. The molecule has 2 aliphatic rings. The summed E-state index contributed by atoms with van der Waals surface area (Å²) < 4.78 is 44.0. The lowest BCUT2D eigenvalue weighted by atomic mass is 10.1. The minimum atomic E-state index is -4.58. The van der Waals surface area contributed by atoms with Gasteiger partial charge in [0, 0.05) is 5.57 Å². The molecule has 1 amide bonds. The van der Waals surface area contributed by atoms with Crippen LogP contribution in [0.3, 0.4) is 0 Å². The third-order valence-corrected chi connectivity index (χ3v) is 4.34. The molecule has 2 heterocycles. The predicted molar refractivity (Wildman–Crippen MR) is 82.7 cm³/mol. The van der Waals surface area contributed by atoms with Crippen molar-refractivity contribution >= 4 is 17.5 Å². The number of rotatable bonds is 3. The Morgan fingerprint density at radius 3 is 2.92 bits per heavy atom. The van der Waals surface area contributed by atoms with Crippen LogP contribution >= 0.6 is 11.6 Å². The zero-order valence-corrected chi connectivity index (χ0v) is 13.6. The monoisotopic (exact) mass is 374 g/mol. The van der Waals surface area contributed by atoms with E-state index in [0.29, 0.717) is 5.57 Å². The molecule has 2 aliphatic heterocycles. The highest BCUT2D eigenvalue weighted by atomic mass is 35.5. The van der Waals surface area contributed by atoms with Gasteiger partial charge in [-0.15, -0.1) is 0 Å². The van der Waals surface area contributed by atoms with Crippen LogP contribution in [0.25, 0.3) is 0 Å². The Morgan fingerprint density at radius 1 is 1.44 bits per heavy atom. The molecule has 0 aromatic heterocycles. The molecule has 0 bridgehead atoms. The van der Waals surface area contributed by atoms with Crippen molar-refractivity contribution in [2.24, 2.45) is 0 Å². The molecule has 1 aromatic carbocycles. The second-order valence-electron chi connectivity index (χ2n) is 5.63. The number of halogens is 4. The molecule has 0 radical (unpaired) electrons. The SMILES string of the molecule is O=C(Cc1cccc(C(F)(F)F)c1Cl)NC1COC2=C1C=CCN2O. The summed E-state index contributed by atoms with van der Waals surface area (Å²) in [5.41, 5.74) is -0.276. The van der Waals surface area contributed by atoms with Gasteiger partial charge in [-0.2, -0.15) is 13.2 Å². The number of hydroxylamine groups is 2. The van der Waals surface area contributed by atoms with Crippen LogP contribution in [-0.2, 0) is 22.1 Å². The van der Waals surface area contributed by atoms with Gasteiger partial charge >= 0.3 is 6.18 Å². The number of hydrogen-bond acceptors (Lipinski definition) is 4. The van der Waals surface area contributed by atoms with E-state index in [1.54, 1.807) is 12.2 Å². The molecule has 134 valence electrons. The van der Waals surface area contributed by atoms with E-state index in [2.05, 4.69) is 5.32 Å². The Balaban J connectivity index is 1.71. The number of amides is 1. The van der Waals surface area contributed by atoms with Crippen molar-refractivity contribution in [1.82, 2.24) is 10.4 Å². The van der Waals surface area contributed by atoms with Crippen LogP contribution in [0.15, 0.2) is 41.8 Å². The molecule has 3 rings (SSSR count). The lowest BCUT2D eigenvalue weighted by molar-refractivity contribution is -0.137. The predicted octanol–water partition coefficient (Wildman–Crippen LogP) is 2.89. The summed E-state index contributed by atoms with van der Waals surface area (Å²) in [7, 11) is 0. The van der Waals surface area contributed by atoms with Crippen LogP contribution in [0.1, 0.15) is 11.1 Å². The molecule has 0 fully saturated rings. The fourth-order valence-electron chi connectivity index (χ4n) is 2.73. The zero-order valence-electron chi connectivity index (χ0n) is 12.8. The van der Waals surface area contributed by atoms with E-state index in [4.69, 9.17) is 16.3 Å². The third-order valence-electron chi connectivity index (χ3n) is 3.89. The first-order valence-electron chi connectivity index (χ1n) is 7.41. The van der Waals surface area contributed by atoms with E-state index in [1.807, 2.05) is 0 Å². The maximum absolute atomic E-state index is 12.9. The first-order valence-corrected chi connectivity index (χ1v) is 7.79. The van der Waals surface area contributed by atoms with Gasteiger partial charge in [-0.25, -0.2) is 5.06 Å². The van der Waals surface area contributed by atoms with Crippen molar-refractivity contribution in [2.75, 3.05) is 13.2 Å². The van der Waals surface area contributed by atoms with Crippen molar-refractivity contribution in [2.45, 2.75) is 18.6 Å². The Kier molecular flexibility index (Phi) is 4.66. The van der Waals surface area contributed by atoms with Crippen LogP contribution < -0.4 is 5.32 Å². The highest BCUT2D eigenvalue weighted by Gasteiger charge is 2.35. The highest BCUT2D eigenvalue weighted by Crippen LogP contribution is 2.36. The van der Waals surface area contributed by atoms with Crippen molar-refractivity contribution in [3.63, 3.8) is 0 Å². The van der Waals surface area contributed by atoms with E-state index in [1.165, 1.54) is 12.1 Å². The first-order chi connectivity index (χ1) is 11.8. The summed E-state index contributed by atoms with van der Waals surface area (Å²) in [5, 5.41) is 12.8. The van der Waals surface area contributed by atoms with Crippen molar-refractivity contribution < 1.29 is 27.9 Å². The summed E-state index contributed by atoms with van der Waals surface area (Å²) in [5.74, 6) is -0.225. The van der Waals surface area contributed by atoms with E-state index in [9.17, 15) is 23.2 Å². The molecule has 0 saturated heterocycles. The Hall–Kier alpha value is -2.19. The number of nitrogens with one attached hydrogen (secondary N) is 1. The third kappa shape index (κ3) is 3.59. The van der Waals surface area contributed by atoms with Gasteiger partial charge in [-0.05, 0) is 11.6 Å². The lowest BCUT2D eigenvalue weighted by Crippen LogP contribution is -2.38. The fourth-order valence-corrected chi connectivity index (χ4v) is 3.03. The average Bonchev–Trinajstić information content (AvgIpc) is 2.93. The number of ether oxygens (including phenoxy) is 1. The van der Waals surface area contributed by atoms with Crippen molar-refractivity contribution in [3.05, 3.63) is 58.0 Å². The van der Waals surface area contributed by atoms with Crippen LogP contribution in [0, 0.1) is 0 Å². The Bertz CT molecular complexity index is 761. The van der Waals surface area contributed by atoms with Gasteiger partial charge < -0.3 is 10.1 Å². The standard InChI is InChI=1S/C16H14ClF3N2O3/c17-14-9(3-1-5-11(14)16(18,19)20)7-13(23)21-12-8-25-15-10(12)4-2-6-22(15)24/h1-5,12,24H,6-8H2,(H,21,23).